The van der Waals surface area contributed by atoms with Crippen molar-refractivity contribution in [2.45, 2.75) is 26.2 Å². The van der Waals surface area contributed by atoms with Crippen molar-refractivity contribution in [1.82, 2.24) is 15.1 Å². The Kier molecular flexibility index (Phi) is 8.39. The fourth-order valence-corrected chi connectivity index (χ4v) is 3.88. The number of amides is 3. The molecule has 2 aromatic carbocycles. The number of hydrogen-bond donors (Lipinski definition) is 2. The van der Waals surface area contributed by atoms with Crippen LogP contribution in [0.2, 0.25) is 0 Å². The molecule has 0 saturated carbocycles. The first kappa shape index (κ1) is 23.5. The van der Waals surface area contributed by atoms with Crippen molar-refractivity contribution in [1.29, 1.82) is 0 Å². The highest BCUT2D eigenvalue weighted by Gasteiger charge is 2.22. The Balaban J connectivity index is 1.71. The van der Waals surface area contributed by atoms with Gasteiger partial charge < -0.3 is 20.4 Å². The van der Waals surface area contributed by atoms with Crippen LogP contribution in [0.25, 0.3) is 0 Å². The first-order chi connectivity index (χ1) is 15.4. The summed E-state index contributed by atoms with van der Waals surface area (Å²) in [5, 5.41) is 5.96. The van der Waals surface area contributed by atoms with Crippen molar-refractivity contribution < 1.29 is 14.4 Å². The minimum absolute atomic E-state index is 0.0812. The van der Waals surface area contributed by atoms with E-state index in [1.54, 1.807) is 29.2 Å². The number of nitrogens with one attached hydrogen (secondary N) is 2. The normalized spacial score (nSPS) is 14.5. The van der Waals surface area contributed by atoms with E-state index >= 15 is 0 Å². The van der Waals surface area contributed by atoms with Gasteiger partial charge >= 0.3 is 0 Å². The number of carbonyl (C=O) groups is 3. The van der Waals surface area contributed by atoms with E-state index in [0.717, 1.165) is 18.7 Å². The number of anilines is 1. The Morgan fingerprint density at radius 3 is 2.31 bits per heavy atom. The van der Waals surface area contributed by atoms with Gasteiger partial charge in [-0.25, -0.2) is 0 Å². The molecule has 3 rings (SSSR count). The van der Waals surface area contributed by atoms with Gasteiger partial charge in [-0.15, -0.1) is 0 Å². The number of rotatable bonds is 8. The Morgan fingerprint density at radius 2 is 1.69 bits per heavy atom. The standard InChI is InChI=1S/C25H32N4O3/c1-19(21-6-4-3-5-7-21)18-29(15-12-24(31)28-16-13-26-14-17-28)25(32)22-8-10-23(11-9-22)27-20(2)30/h3-11,19,26H,12-18H2,1-2H3,(H,27,30)/t19-/m1/s1. The third-order valence-electron chi connectivity index (χ3n) is 5.67. The highest BCUT2D eigenvalue weighted by molar-refractivity contribution is 5.95. The fourth-order valence-electron chi connectivity index (χ4n) is 3.88. The van der Waals surface area contributed by atoms with E-state index in [1.165, 1.54) is 6.92 Å². The number of piperazine rings is 1. The Morgan fingerprint density at radius 1 is 1.03 bits per heavy atom. The lowest BCUT2D eigenvalue weighted by Crippen LogP contribution is -2.47. The van der Waals surface area contributed by atoms with Crippen LogP contribution < -0.4 is 10.6 Å². The summed E-state index contributed by atoms with van der Waals surface area (Å²) in [5.74, 6) is -0.0603. The minimum Gasteiger partial charge on any atom is -0.340 e. The van der Waals surface area contributed by atoms with E-state index in [-0.39, 0.29) is 23.6 Å². The molecule has 0 radical (unpaired) electrons. The lowest BCUT2D eigenvalue weighted by atomic mass is 10.00. The molecule has 0 aromatic heterocycles. The summed E-state index contributed by atoms with van der Waals surface area (Å²) in [6.07, 6.45) is 0.303. The van der Waals surface area contributed by atoms with Crippen LogP contribution in [0.15, 0.2) is 54.6 Å². The number of carbonyl (C=O) groups excluding carboxylic acids is 3. The average molecular weight is 437 g/mol. The zero-order chi connectivity index (χ0) is 22.9. The lowest BCUT2D eigenvalue weighted by molar-refractivity contribution is -0.132. The Labute approximate surface area is 189 Å². The average Bonchev–Trinajstić information content (AvgIpc) is 2.82. The highest BCUT2D eigenvalue weighted by atomic mass is 16.2. The second-order valence-corrected chi connectivity index (χ2v) is 8.20. The summed E-state index contributed by atoms with van der Waals surface area (Å²) >= 11 is 0. The predicted molar refractivity (Wildman–Crippen MR) is 126 cm³/mol. The van der Waals surface area contributed by atoms with E-state index in [1.807, 2.05) is 23.1 Å². The third kappa shape index (κ3) is 6.65. The largest absolute Gasteiger partial charge is 0.340 e. The summed E-state index contributed by atoms with van der Waals surface area (Å²) in [7, 11) is 0. The minimum atomic E-state index is -0.159. The van der Waals surface area contributed by atoms with E-state index in [9.17, 15) is 14.4 Å². The van der Waals surface area contributed by atoms with Gasteiger partial charge in [-0.3, -0.25) is 14.4 Å². The van der Waals surface area contributed by atoms with Crippen LogP contribution >= 0.6 is 0 Å². The molecule has 2 N–H and O–H groups in total. The fraction of sp³-hybridized carbons (Fsp3) is 0.400. The van der Waals surface area contributed by atoms with Crippen LogP contribution in [0.3, 0.4) is 0 Å². The monoisotopic (exact) mass is 436 g/mol. The molecular weight excluding hydrogens is 404 g/mol. The zero-order valence-electron chi connectivity index (χ0n) is 18.8. The third-order valence-corrected chi connectivity index (χ3v) is 5.67. The molecule has 0 bridgehead atoms. The second-order valence-electron chi connectivity index (χ2n) is 8.20. The van der Waals surface area contributed by atoms with Crippen LogP contribution in [0.5, 0.6) is 0 Å². The van der Waals surface area contributed by atoms with Gasteiger partial charge in [0.05, 0.1) is 0 Å². The maximum atomic E-state index is 13.3. The van der Waals surface area contributed by atoms with Gasteiger partial charge in [0.2, 0.25) is 11.8 Å². The zero-order valence-corrected chi connectivity index (χ0v) is 18.8. The molecule has 0 spiro atoms. The van der Waals surface area contributed by atoms with Gasteiger partial charge in [-0.2, -0.15) is 0 Å². The highest BCUT2D eigenvalue weighted by Crippen LogP contribution is 2.19. The molecule has 7 nitrogen and oxygen atoms in total. The number of hydrogen-bond acceptors (Lipinski definition) is 4. The lowest BCUT2D eigenvalue weighted by Gasteiger charge is -2.30. The van der Waals surface area contributed by atoms with Crippen molar-refractivity contribution in [3.8, 4) is 0 Å². The van der Waals surface area contributed by atoms with Crippen molar-refractivity contribution >= 4 is 23.4 Å². The molecule has 0 unspecified atom stereocenters. The molecule has 170 valence electrons. The van der Waals surface area contributed by atoms with Crippen molar-refractivity contribution in [3.05, 3.63) is 65.7 Å². The summed E-state index contributed by atoms with van der Waals surface area (Å²) in [6.45, 7) is 7.45. The van der Waals surface area contributed by atoms with Gasteiger partial charge in [0.15, 0.2) is 0 Å². The maximum absolute atomic E-state index is 13.3. The summed E-state index contributed by atoms with van der Waals surface area (Å²) in [5.41, 5.74) is 2.33. The molecule has 1 aliphatic heterocycles. The SMILES string of the molecule is CC(=O)Nc1ccc(C(=O)N(CCC(=O)N2CCNCC2)C[C@@H](C)c2ccccc2)cc1. The topological polar surface area (TPSA) is 81.8 Å². The van der Waals surface area contributed by atoms with Crippen LogP contribution in [-0.2, 0) is 9.59 Å². The van der Waals surface area contributed by atoms with E-state index < -0.39 is 0 Å². The van der Waals surface area contributed by atoms with Gasteiger partial charge in [0.25, 0.3) is 5.91 Å². The summed E-state index contributed by atoms with van der Waals surface area (Å²) in [6, 6.07) is 16.9. The first-order valence-electron chi connectivity index (χ1n) is 11.1. The molecule has 32 heavy (non-hydrogen) atoms. The number of benzene rings is 2. The maximum Gasteiger partial charge on any atom is 0.253 e. The van der Waals surface area contributed by atoms with Crippen molar-refractivity contribution in [2.24, 2.45) is 0 Å². The molecule has 1 aliphatic rings. The van der Waals surface area contributed by atoms with Crippen molar-refractivity contribution in [2.75, 3.05) is 44.6 Å². The van der Waals surface area contributed by atoms with E-state index in [2.05, 4.69) is 29.7 Å². The van der Waals surface area contributed by atoms with Crippen LogP contribution in [0.4, 0.5) is 5.69 Å². The molecule has 2 aromatic rings. The number of nitrogens with zero attached hydrogens (tertiary/aromatic N) is 2. The van der Waals surface area contributed by atoms with Gasteiger partial charge in [0, 0.05) is 63.9 Å². The molecule has 1 heterocycles. The van der Waals surface area contributed by atoms with Gasteiger partial charge in [-0.1, -0.05) is 37.3 Å². The summed E-state index contributed by atoms with van der Waals surface area (Å²) in [4.78, 5) is 40.9. The first-order valence-corrected chi connectivity index (χ1v) is 11.1. The van der Waals surface area contributed by atoms with E-state index in [0.29, 0.717) is 43.9 Å². The van der Waals surface area contributed by atoms with Crippen LogP contribution in [0, 0.1) is 0 Å². The molecule has 0 aliphatic carbocycles. The molecular formula is C25H32N4O3. The molecule has 3 amide bonds. The molecule has 7 heteroatoms. The molecule has 1 fully saturated rings. The van der Waals surface area contributed by atoms with Gasteiger partial charge in [0.1, 0.15) is 0 Å². The molecule has 1 atom stereocenters. The smallest absolute Gasteiger partial charge is 0.253 e. The van der Waals surface area contributed by atoms with Crippen molar-refractivity contribution in [3.63, 3.8) is 0 Å². The Bertz CT molecular complexity index is 909. The summed E-state index contributed by atoms with van der Waals surface area (Å²) < 4.78 is 0. The second kappa shape index (κ2) is 11.4. The van der Waals surface area contributed by atoms with Gasteiger partial charge in [-0.05, 0) is 35.7 Å². The van der Waals surface area contributed by atoms with Crippen LogP contribution in [-0.4, -0.2) is 66.8 Å². The Hall–Kier alpha value is -3.19. The molecule has 1 saturated heterocycles. The predicted octanol–water partition coefficient (Wildman–Crippen LogP) is 2.71. The van der Waals surface area contributed by atoms with Crippen LogP contribution in [0.1, 0.15) is 42.1 Å². The van der Waals surface area contributed by atoms with E-state index in [4.69, 9.17) is 0 Å². The quantitative estimate of drug-likeness (QED) is 0.667.